The van der Waals surface area contributed by atoms with Gasteiger partial charge in [0, 0.05) is 7.05 Å². The first-order valence-corrected chi connectivity index (χ1v) is 3.00. The smallest absolute Gasteiger partial charge is 0.305 e. The van der Waals surface area contributed by atoms with Crippen LogP contribution in [0.25, 0.3) is 0 Å². The van der Waals surface area contributed by atoms with Gasteiger partial charge in [-0.25, -0.2) is 5.01 Å². The fraction of sp³-hybridized carbons (Fsp3) is 0.800. The Kier molecular flexibility index (Phi) is 5.01. The van der Waals surface area contributed by atoms with Gasteiger partial charge >= 0.3 is 5.97 Å². The minimum Gasteiger partial charge on any atom is -0.481 e. The highest BCUT2D eigenvalue weighted by Gasteiger charge is 1.97. The highest BCUT2D eigenvalue weighted by atomic mass is 16.5. The SMILES string of the molecule is CN(COCCC(=O)O)N=O. The molecule has 0 spiro atoms. The molecule has 0 aliphatic heterocycles. The molecule has 0 rings (SSSR count). The summed E-state index contributed by atoms with van der Waals surface area (Å²) < 4.78 is 4.75. The zero-order chi connectivity index (χ0) is 8.69. The number of nitroso groups, excluding NO2 is 1. The summed E-state index contributed by atoms with van der Waals surface area (Å²) in [7, 11) is 1.44. The van der Waals surface area contributed by atoms with Crippen LogP contribution in [0.4, 0.5) is 0 Å². The van der Waals surface area contributed by atoms with Crippen LogP contribution < -0.4 is 0 Å². The standard InChI is InChI=1S/C5H10N2O4/c1-7(6-10)4-11-3-2-5(8)9/h2-4H2,1H3,(H,8,9). The molecule has 6 heteroatoms. The van der Waals surface area contributed by atoms with Crippen molar-refractivity contribution in [3.05, 3.63) is 4.91 Å². The molecule has 64 valence electrons. The van der Waals surface area contributed by atoms with Gasteiger partial charge in [0.2, 0.25) is 0 Å². The van der Waals surface area contributed by atoms with Gasteiger partial charge in [-0.3, -0.25) is 4.79 Å². The average molecular weight is 162 g/mol. The molecule has 0 aromatic rings. The normalized spacial score (nSPS) is 9.18. The first-order valence-electron chi connectivity index (χ1n) is 3.00. The van der Waals surface area contributed by atoms with Gasteiger partial charge in [0.25, 0.3) is 0 Å². The van der Waals surface area contributed by atoms with Crippen LogP contribution in [0.5, 0.6) is 0 Å². The minimum atomic E-state index is -0.924. The van der Waals surface area contributed by atoms with Gasteiger partial charge in [0.05, 0.1) is 18.3 Å². The van der Waals surface area contributed by atoms with Crippen molar-refractivity contribution < 1.29 is 14.6 Å². The van der Waals surface area contributed by atoms with Gasteiger partial charge in [-0.05, 0) is 0 Å². The molecule has 0 heterocycles. The lowest BCUT2D eigenvalue weighted by Crippen LogP contribution is -2.16. The highest BCUT2D eigenvalue weighted by molar-refractivity contribution is 5.66. The maximum atomic E-state index is 9.93. The van der Waals surface area contributed by atoms with Crippen molar-refractivity contribution in [3.8, 4) is 0 Å². The van der Waals surface area contributed by atoms with Gasteiger partial charge in [0.1, 0.15) is 6.73 Å². The van der Waals surface area contributed by atoms with Crippen molar-refractivity contribution in [2.24, 2.45) is 5.29 Å². The molecule has 0 saturated heterocycles. The van der Waals surface area contributed by atoms with Gasteiger partial charge in [-0.15, -0.1) is 4.91 Å². The van der Waals surface area contributed by atoms with Crippen molar-refractivity contribution in [1.82, 2.24) is 5.01 Å². The van der Waals surface area contributed by atoms with E-state index in [0.717, 1.165) is 5.01 Å². The second kappa shape index (κ2) is 5.60. The zero-order valence-electron chi connectivity index (χ0n) is 6.19. The maximum absolute atomic E-state index is 9.93. The van der Waals surface area contributed by atoms with Crippen LogP contribution in [0.1, 0.15) is 6.42 Å². The van der Waals surface area contributed by atoms with Crippen LogP contribution in [-0.4, -0.2) is 36.5 Å². The zero-order valence-corrected chi connectivity index (χ0v) is 6.19. The third-order valence-electron chi connectivity index (χ3n) is 0.878. The van der Waals surface area contributed by atoms with Crippen molar-refractivity contribution in [2.75, 3.05) is 20.4 Å². The summed E-state index contributed by atoms with van der Waals surface area (Å²) >= 11 is 0. The topological polar surface area (TPSA) is 79.2 Å². The molecule has 6 nitrogen and oxygen atoms in total. The van der Waals surface area contributed by atoms with E-state index in [1.165, 1.54) is 7.05 Å². The number of aliphatic carboxylic acids is 1. The molecule has 0 saturated carbocycles. The highest BCUT2D eigenvalue weighted by Crippen LogP contribution is 1.86. The van der Waals surface area contributed by atoms with Gasteiger partial charge in [0.15, 0.2) is 0 Å². The quantitative estimate of drug-likeness (QED) is 0.258. The largest absolute Gasteiger partial charge is 0.481 e. The molecule has 0 radical (unpaired) electrons. The van der Waals surface area contributed by atoms with Crippen molar-refractivity contribution in [2.45, 2.75) is 6.42 Å². The molecule has 0 unspecified atom stereocenters. The third kappa shape index (κ3) is 6.72. The molecule has 0 aromatic carbocycles. The fourth-order valence-corrected chi connectivity index (χ4v) is 0.380. The monoisotopic (exact) mass is 162 g/mol. The van der Waals surface area contributed by atoms with E-state index in [-0.39, 0.29) is 19.8 Å². The summed E-state index contributed by atoms with van der Waals surface area (Å²) in [4.78, 5) is 19.6. The predicted octanol–water partition coefficient (Wildman–Crippen LogP) is 0.0484. The van der Waals surface area contributed by atoms with Crippen molar-refractivity contribution in [3.63, 3.8) is 0 Å². The van der Waals surface area contributed by atoms with Crippen LogP contribution >= 0.6 is 0 Å². The van der Waals surface area contributed by atoms with Crippen molar-refractivity contribution in [1.29, 1.82) is 0 Å². The van der Waals surface area contributed by atoms with E-state index in [2.05, 4.69) is 5.29 Å². The molecule has 1 N–H and O–H groups in total. The predicted molar refractivity (Wildman–Crippen MR) is 36.6 cm³/mol. The number of hydrogen-bond donors (Lipinski definition) is 1. The number of hydrogen-bond acceptors (Lipinski definition) is 4. The number of carboxylic acid groups (broad SMARTS) is 1. The summed E-state index contributed by atoms with van der Waals surface area (Å²) in [5.74, 6) is -0.924. The molecule has 0 aliphatic rings. The number of carbonyl (C=O) groups is 1. The average Bonchev–Trinajstić information content (AvgIpc) is 1.97. The Morgan fingerprint density at radius 3 is 2.82 bits per heavy atom. The Morgan fingerprint density at radius 1 is 1.73 bits per heavy atom. The Labute approximate surface area is 63.7 Å². The first-order chi connectivity index (χ1) is 5.16. The Bertz CT molecular complexity index is 138. The second-order valence-corrected chi connectivity index (χ2v) is 1.92. The molecule has 0 bridgehead atoms. The van der Waals surface area contributed by atoms with Crippen LogP contribution in [0.2, 0.25) is 0 Å². The summed E-state index contributed by atoms with van der Waals surface area (Å²) in [6, 6.07) is 0. The lowest BCUT2D eigenvalue weighted by atomic mass is 10.5. The molecule has 11 heavy (non-hydrogen) atoms. The summed E-state index contributed by atoms with van der Waals surface area (Å²) in [6.45, 7) is 0.117. The third-order valence-corrected chi connectivity index (χ3v) is 0.878. The molecular formula is C5H10N2O4. The van der Waals surface area contributed by atoms with Crippen LogP contribution in [-0.2, 0) is 9.53 Å². The van der Waals surface area contributed by atoms with Gasteiger partial charge in [-0.1, -0.05) is 0 Å². The lowest BCUT2D eigenvalue weighted by Gasteiger charge is -2.07. The molecule has 0 fully saturated rings. The van der Waals surface area contributed by atoms with Gasteiger partial charge < -0.3 is 9.84 Å². The van der Waals surface area contributed by atoms with Crippen LogP contribution in [0.15, 0.2) is 5.29 Å². The van der Waals surface area contributed by atoms with Crippen LogP contribution in [0, 0.1) is 4.91 Å². The fourth-order valence-electron chi connectivity index (χ4n) is 0.380. The van der Waals surface area contributed by atoms with Crippen LogP contribution in [0.3, 0.4) is 0 Å². The Hall–Kier alpha value is -1.17. The second-order valence-electron chi connectivity index (χ2n) is 1.92. The maximum Gasteiger partial charge on any atom is 0.305 e. The Morgan fingerprint density at radius 2 is 2.36 bits per heavy atom. The molecular weight excluding hydrogens is 152 g/mol. The number of ether oxygens (including phenoxy) is 1. The number of nitrogens with zero attached hydrogens (tertiary/aromatic N) is 2. The van der Waals surface area contributed by atoms with Gasteiger partial charge in [-0.2, -0.15) is 0 Å². The van der Waals surface area contributed by atoms with E-state index in [9.17, 15) is 9.70 Å². The number of carboxylic acids is 1. The Balaban J connectivity index is 3.14. The van der Waals surface area contributed by atoms with E-state index >= 15 is 0 Å². The molecule has 0 aromatic heterocycles. The molecule has 0 aliphatic carbocycles. The van der Waals surface area contributed by atoms with E-state index in [4.69, 9.17) is 9.84 Å². The van der Waals surface area contributed by atoms with E-state index < -0.39 is 5.97 Å². The van der Waals surface area contributed by atoms with E-state index in [1.54, 1.807) is 0 Å². The summed E-state index contributed by atoms with van der Waals surface area (Å²) in [6.07, 6.45) is -0.0628. The first kappa shape index (κ1) is 9.83. The minimum absolute atomic E-state index is 0.0246. The molecule has 0 atom stereocenters. The van der Waals surface area contributed by atoms with Crippen molar-refractivity contribution >= 4 is 5.97 Å². The number of rotatable bonds is 6. The molecule has 0 amide bonds. The summed E-state index contributed by atoms with van der Waals surface area (Å²) in [5.41, 5.74) is 0. The van der Waals surface area contributed by atoms with E-state index in [0.29, 0.717) is 0 Å². The van der Waals surface area contributed by atoms with E-state index in [1.807, 2.05) is 0 Å². The lowest BCUT2D eigenvalue weighted by molar-refractivity contribution is -0.138. The summed E-state index contributed by atoms with van der Waals surface area (Å²) in [5, 5.41) is 11.7.